The second kappa shape index (κ2) is 8.45. The molecule has 4 rings (SSSR count). The van der Waals surface area contributed by atoms with E-state index in [0.717, 1.165) is 48.5 Å². The minimum atomic E-state index is -0.250. The van der Waals surface area contributed by atoms with E-state index in [1.54, 1.807) is 7.11 Å². The van der Waals surface area contributed by atoms with Crippen molar-refractivity contribution < 1.29 is 9.53 Å². The van der Waals surface area contributed by atoms with E-state index in [-0.39, 0.29) is 5.91 Å². The molecule has 7 nitrogen and oxygen atoms in total. The molecule has 1 fully saturated rings. The summed E-state index contributed by atoms with van der Waals surface area (Å²) in [6.07, 6.45) is 1.98. The summed E-state index contributed by atoms with van der Waals surface area (Å²) >= 11 is 0. The van der Waals surface area contributed by atoms with Crippen molar-refractivity contribution in [3.63, 3.8) is 0 Å². The number of nitrogens with zero attached hydrogens (tertiary/aromatic N) is 3. The van der Waals surface area contributed by atoms with Gasteiger partial charge in [-0.25, -0.2) is 4.68 Å². The molecule has 29 heavy (non-hydrogen) atoms. The van der Waals surface area contributed by atoms with Crippen LogP contribution in [0.3, 0.4) is 0 Å². The van der Waals surface area contributed by atoms with Crippen LogP contribution in [0.2, 0.25) is 0 Å². The molecule has 0 unspecified atom stereocenters. The zero-order valence-corrected chi connectivity index (χ0v) is 16.7. The molecule has 0 radical (unpaired) electrons. The summed E-state index contributed by atoms with van der Waals surface area (Å²) in [5, 5.41) is 14.7. The Kier molecular flexibility index (Phi) is 5.57. The van der Waals surface area contributed by atoms with Crippen LogP contribution in [0, 0.1) is 6.92 Å². The molecule has 7 heteroatoms. The molecule has 1 aliphatic rings. The number of hydrogen-bond donors (Lipinski definition) is 2. The molecule has 0 saturated carbocycles. The van der Waals surface area contributed by atoms with Gasteiger partial charge < -0.3 is 15.4 Å². The number of ether oxygens (including phenoxy) is 1. The van der Waals surface area contributed by atoms with Crippen molar-refractivity contribution in [3.05, 3.63) is 59.9 Å². The standard InChI is InChI=1S/C22H25N5O2/c1-15-21(25-26-27(15)18-10-12-23-13-11-18)22(28)24-17-7-5-6-16(14-17)19-8-3-4-9-20(19)29-2/h3-9,14,18,23H,10-13H2,1-2H3,(H,24,28). The molecule has 0 aliphatic carbocycles. The number of benzene rings is 2. The SMILES string of the molecule is COc1ccccc1-c1cccc(NC(=O)c2nnn(C3CCNCC3)c2C)c1. The normalized spacial score (nSPS) is 14.6. The minimum absolute atomic E-state index is 0.250. The lowest BCUT2D eigenvalue weighted by Crippen LogP contribution is -2.30. The second-order valence-corrected chi connectivity index (χ2v) is 7.18. The van der Waals surface area contributed by atoms with E-state index in [1.807, 2.05) is 60.1 Å². The second-order valence-electron chi connectivity index (χ2n) is 7.18. The maximum absolute atomic E-state index is 12.8. The third-order valence-corrected chi connectivity index (χ3v) is 5.34. The van der Waals surface area contributed by atoms with Gasteiger partial charge in [0.15, 0.2) is 5.69 Å². The van der Waals surface area contributed by atoms with Crippen LogP contribution in [0.4, 0.5) is 5.69 Å². The Balaban J connectivity index is 1.54. The number of amides is 1. The van der Waals surface area contributed by atoms with Crippen molar-refractivity contribution in [2.75, 3.05) is 25.5 Å². The maximum atomic E-state index is 12.8. The average molecular weight is 391 g/mol. The van der Waals surface area contributed by atoms with Crippen LogP contribution in [0.5, 0.6) is 5.75 Å². The Hall–Kier alpha value is -3.19. The molecule has 3 aromatic rings. The highest BCUT2D eigenvalue weighted by molar-refractivity contribution is 6.03. The van der Waals surface area contributed by atoms with Gasteiger partial charge >= 0.3 is 0 Å². The first-order valence-corrected chi connectivity index (χ1v) is 9.84. The fraction of sp³-hybridized carbons (Fsp3) is 0.318. The van der Waals surface area contributed by atoms with E-state index < -0.39 is 0 Å². The Morgan fingerprint density at radius 2 is 1.97 bits per heavy atom. The quantitative estimate of drug-likeness (QED) is 0.696. The predicted molar refractivity (Wildman–Crippen MR) is 112 cm³/mol. The van der Waals surface area contributed by atoms with Crippen molar-refractivity contribution >= 4 is 11.6 Å². The first-order chi connectivity index (χ1) is 14.2. The molecule has 0 spiro atoms. The Morgan fingerprint density at radius 1 is 1.17 bits per heavy atom. The Bertz CT molecular complexity index is 1010. The number of hydrogen-bond acceptors (Lipinski definition) is 5. The third kappa shape index (κ3) is 4.00. The zero-order valence-electron chi connectivity index (χ0n) is 16.7. The van der Waals surface area contributed by atoms with Crippen molar-refractivity contribution in [2.45, 2.75) is 25.8 Å². The van der Waals surface area contributed by atoms with E-state index >= 15 is 0 Å². The number of anilines is 1. The van der Waals surface area contributed by atoms with Gasteiger partial charge in [-0.2, -0.15) is 0 Å². The molecule has 1 amide bonds. The summed E-state index contributed by atoms with van der Waals surface area (Å²) in [5.74, 6) is 0.539. The van der Waals surface area contributed by atoms with E-state index in [1.165, 1.54) is 0 Å². The lowest BCUT2D eigenvalue weighted by atomic mass is 10.0. The molecule has 0 atom stereocenters. The van der Waals surface area contributed by atoms with Gasteiger partial charge in [0, 0.05) is 11.3 Å². The smallest absolute Gasteiger partial charge is 0.278 e. The van der Waals surface area contributed by atoms with Crippen molar-refractivity contribution in [1.29, 1.82) is 0 Å². The predicted octanol–water partition coefficient (Wildman–Crippen LogP) is 3.44. The number of para-hydroxylation sites is 1. The van der Waals surface area contributed by atoms with Gasteiger partial charge in [-0.05, 0) is 56.6 Å². The molecule has 0 bridgehead atoms. The van der Waals surface area contributed by atoms with Gasteiger partial charge in [-0.1, -0.05) is 35.5 Å². The monoisotopic (exact) mass is 391 g/mol. The van der Waals surface area contributed by atoms with Gasteiger partial charge in [0.05, 0.1) is 18.8 Å². The first kappa shape index (κ1) is 19.1. The zero-order chi connectivity index (χ0) is 20.2. The van der Waals surface area contributed by atoms with Crippen molar-refractivity contribution in [2.24, 2.45) is 0 Å². The van der Waals surface area contributed by atoms with Crippen molar-refractivity contribution in [3.8, 4) is 16.9 Å². The topological polar surface area (TPSA) is 81.1 Å². The summed E-state index contributed by atoms with van der Waals surface area (Å²) in [7, 11) is 1.65. The molecule has 1 aliphatic heterocycles. The van der Waals surface area contributed by atoms with Gasteiger partial charge in [0.2, 0.25) is 0 Å². The highest BCUT2D eigenvalue weighted by Crippen LogP contribution is 2.31. The summed E-state index contributed by atoms with van der Waals surface area (Å²) in [6, 6.07) is 15.8. The number of nitrogens with one attached hydrogen (secondary N) is 2. The number of carbonyl (C=O) groups is 1. The molecule has 2 aromatic carbocycles. The number of piperidine rings is 1. The van der Waals surface area contributed by atoms with E-state index in [0.29, 0.717) is 17.4 Å². The van der Waals surface area contributed by atoms with Gasteiger partial charge in [-0.3, -0.25) is 4.79 Å². The number of carbonyl (C=O) groups excluding carboxylic acids is 1. The summed E-state index contributed by atoms with van der Waals surface area (Å²) < 4.78 is 7.34. The lowest BCUT2D eigenvalue weighted by Gasteiger charge is -2.23. The summed E-state index contributed by atoms with van der Waals surface area (Å²) in [4.78, 5) is 12.8. The van der Waals surface area contributed by atoms with Gasteiger partial charge in [-0.15, -0.1) is 5.10 Å². The largest absolute Gasteiger partial charge is 0.496 e. The Labute approximate surface area is 170 Å². The Morgan fingerprint density at radius 3 is 2.76 bits per heavy atom. The van der Waals surface area contributed by atoms with E-state index in [2.05, 4.69) is 20.9 Å². The van der Waals surface area contributed by atoms with Crippen molar-refractivity contribution in [1.82, 2.24) is 20.3 Å². The molecule has 150 valence electrons. The summed E-state index contributed by atoms with van der Waals surface area (Å²) in [6.45, 7) is 3.82. The van der Waals surface area contributed by atoms with Crippen LogP contribution in [-0.2, 0) is 0 Å². The van der Waals surface area contributed by atoms with E-state index in [4.69, 9.17) is 4.74 Å². The lowest BCUT2D eigenvalue weighted by molar-refractivity contribution is 0.102. The van der Waals surface area contributed by atoms with Crippen LogP contribution in [0.25, 0.3) is 11.1 Å². The fourth-order valence-electron chi connectivity index (χ4n) is 3.79. The summed E-state index contributed by atoms with van der Waals surface area (Å²) in [5.41, 5.74) is 3.81. The highest BCUT2D eigenvalue weighted by Gasteiger charge is 2.23. The molecule has 1 aromatic heterocycles. The highest BCUT2D eigenvalue weighted by atomic mass is 16.5. The van der Waals surface area contributed by atoms with Gasteiger partial charge in [0.1, 0.15) is 5.75 Å². The molecular weight excluding hydrogens is 366 g/mol. The van der Waals surface area contributed by atoms with Crippen LogP contribution in [0.15, 0.2) is 48.5 Å². The molecule has 2 heterocycles. The maximum Gasteiger partial charge on any atom is 0.278 e. The minimum Gasteiger partial charge on any atom is -0.496 e. The third-order valence-electron chi connectivity index (χ3n) is 5.34. The van der Waals surface area contributed by atoms with Crippen LogP contribution < -0.4 is 15.4 Å². The average Bonchev–Trinajstić information content (AvgIpc) is 3.16. The fourth-order valence-corrected chi connectivity index (χ4v) is 3.79. The number of rotatable bonds is 5. The molecule has 2 N–H and O–H groups in total. The molecule has 1 saturated heterocycles. The number of aromatic nitrogens is 3. The molecular formula is C22H25N5O2. The van der Waals surface area contributed by atoms with Crippen LogP contribution in [-0.4, -0.2) is 41.1 Å². The van der Waals surface area contributed by atoms with Crippen LogP contribution in [0.1, 0.15) is 35.1 Å². The first-order valence-electron chi connectivity index (χ1n) is 9.84. The van der Waals surface area contributed by atoms with E-state index in [9.17, 15) is 4.79 Å². The van der Waals surface area contributed by atoms with Crippen LogP contribution >= 0.6 is 0 Å². The number of methoxy groups -OCH3 is 1. The van der Waals surface area contributed by atoms with Gasteiger partial charge in [0.25, 0.3) is 5.91 Å².